The summed E-state index contributed by atoms with van der Waals surface area (Å²) in [6.45, 7) is 2.95. The van der Waals surface area contributed by atoms with Crippen LogP contribution in [-0.4, -0.2) is 57.2 Å². The van der Waals surface area contributed by atoms with Crippen LogP contribution in [0.5, 0.6) is 0 Å². The summed E-state index contributed by atoms with van der Waals surface area (Å²) >= 11 is 0. The number of likely N-dealkylation sites (N-methyl/N-ethyl adjacent to an activating group) is 1. The van der Waals surface area contributed by atoms with Crippen LogP contribution in [0.2, 0.25) is 0 Å². The van der Waals surface area contributed by atoms with Gasteiger partial charge in [0.05, 0.1) is 6.26 Å². The molecule has 2 atom stereocenters. The number of nitrogens with one attached hydrogen (secondary N) is 2. The van der Waals surface area contributed by atoms with E-state index in [1.807, 2.05) is 37.3 Å². The summed E-state index contributed by atoms with van der Waals surface area (Å²) in [4.78, 5) is 14.9. The molecule has 1 aliphatic heterocycles. The van der Waals surface area contributed by atoms with E-state index in [2.05, 4.69) is 34.3 Å². The molecule has 156 valence electrons. The lowest BCUT2D eigenvalue weighted by atomic mass is 9.86. The summed E-state index contributed by atoms with van der Waals surface area (Å²) in [5.74, 6) is -0.0112. The Balaban J connectivity index is 1.89. The molecular weight excluding hydrogens is 386 g/mol. The van der Waals surface area contributed by atoms with Crippen LogP contribution in [0.1, 0.15) is 18.9 Å². The SMILES string of the molecule is CCN(C)C(=O)[C@]1(Cc2cccc(-c3ccccc3)c2)C[C@@H](NS(C)(=O)=O)CN1. The summed E-state index contributed by atoms with van der Waals surface area (Å²) < 4.78 is 26.0. The van der Waals surface area contributed by atoms with Crippen LogP contribution in [0.15, 0.2) is 54.6 Å². The standard InChI is InChI=1S/C22H29N3O3S/c1-4-25(2)21(26)22(15-20(16-23-22)24-29(3,27)28)14-17-9-8-12-19(13-17)18-10-6-5-7-11-18/h5-13,20,23-24H,4,14-16H2,1-3H3/t20-,22+/m1/s1. The number of nitrogens with zero attached hydrogens (tertiary/aromatic N) is 1. The van der Waals surface area contributed by atoms with Gasteiger partial charge in [0.25, 0.3) is 0 Å². The maximum atomic E-state index is 13.3. The third-order valence-corrected chi connectivity index (χ3v) is 6.19. The summed E-state index contributed by atoms with van der Waals surface area (Å²) in [6, 6.07) is 18.0. The van der Waals surface area contributed by atoms with E-state index in [-0.39, 0.29) is 11.9 Å². The van der Waals surface area contributed by atoms with E-state index < -0.39 is 15.6 Å². The molecule has 1 heterocycles. The Labute approximate surface area is 173 Å². The summed E-state index contributed by atoms with van der Waals surface area (Å²) in [5.41, 5.74) is 2.43. The second kappa shape index (κ2) is 8.65. The number of hydrogen-bond donors (Lipinski definition) is 2. The Bertz CT molecular complexity index is 962. The van der Waals surface area contributed by atoms with E-state index in [4.69, 9.17) is 0 Å². The molecule has 7 heteroatoms. The zero-order chi connectivity index (χ0) is 21.1. The molecule has 3 rings (SSSR count). The van der Waals surface area contributed by atoms with Gasteiger partial charge in [0.15, 0.2) is 0 Å². The fourth-order valence-corrected chi connectivity index (χ4v) is 4.76. The lowest BCUT2D eigenvalue weighted by molar-refractivity contribution is -0.136. The lowest BCUT2D eigenvalue weighted by Crippen LogP contribution is -2.55. The first kappa shape index (κ1) is 21.5. The first-order valence-electron chi connectivity index (χ1n) is 9.85. The first-order valence-corrected chi connectivity index (χ1v) is 11.7. The van der Waals surface area contributed by atoms with Gasteiger partial charge >= 0.3 is 0 Å². The van der Waals surface area contributed by atoms with Crippen molar-refractivity contribution in [3.63, 3.8) is 0 Å². The zero-order valence-corrected chi connectivity index (χ0v) is 18.0. The Kier molecular flexibility index (Phi) is 6.41. The first-order chi connectivity index (χ1) is 13.7. The van der Waals surface area contributed by atoms with Crippen LogP contribution in [-0.2, 0) is 21.2 Å². The molecule has 0 spiro atoms. The third-order valence-electron chi connectivity index (χ3n) is 5.43. The van der Waals surface area contributed by atoms with Crippen molar-refractivity contribution in [2.45, 2.75) is 31.3 Å². The van der Waals surface area contributed by atoms with Gasteiger partial charge in [-0.15, -0.1) is 0 Å². The van der Waals surface area contributed by atoms with Crippen molar-refractivity contribution in [1.29, 1.82) is 0 Å². The molecule has 0 aromatic heterocycles. The summed E-state index contributed by atoms with van der Waals surface area (Å²) in [7, 11) is -1.56. The van der Waals surface area contributed by atoms with E-state index in [9.17, 15) is 13.2 Å². The Morgan fingerprint density at radius 3 is 2.52 bits per heavy atom. The number of rotatable bonds is 7. The molecule has 2 N–H and O–H groups in total. The largest absolute Gasteiger partial charge is 0.344 e. The Morgan fingerprint density at radius 1 is 1.17 bits per heavy atom. The Hall–Kier alpha value is -2.22. The van der Waals surface area contributed by atoms with Crippen molar-refractivity contribution < 1.29 is 13.2 Å². The molecule has 1 fully saturated rings. The Morgan fingerprint density at radius 2 is 1.86 bits per heavy atom. The fraction of sp³-hybridized carbons (Fsp3) is 0.409. The van der Waals surface area contributed by atoms with E-state index in [1.165, 1.54) is 0 Å². The maximum Gasteiger partial charge on any atom is 0.243 e. The van der Waals surface area contributed by atoms with Gasteiger partial charge in [-0.2, -0.15) is 0 Å². The predicted octanol–water partition coefficient (Wildman–Crippen LogP) is 2.02. The molecule has 2 aromatic rings. The quantitative estimate of drug-likeness (QED) is 0.725. The van der Waals surface area contributed by atoms with E-state index in [0.29, 0.717) is 25.9 Å². The van der Waals surface area contributed by atoms with Crippen molar-refractivity contribution in [3.05, 3.63) is 60.2 Å². The smallest absolute Gasteiger partial charge is 0.243 e. The van der Waals surface area contributed by atoms with Gasteiger partial charge in [0.1, 0.15) is 5.54 Å². The number of benzene rings is 2. The molecular formula is C22H29N3O3S. The summed E-state index contributed by atoms with van der Waals surface area (Å²) in [5, 5.41) is 3.35. The summed E-state index contributed by atoms with van der Waals surface area (Å²) in [6.07, 6.45) is 2.06. The van der Waals surface area contributed by atoms with Crippen molar-refractivity contribution >= 4 is 15.9 Å². The van der Waals surface area contributed by atoms with Crippen LogP contribution < -0.4 is 10.0 Å². The van der Waals surface area contributed by atoms with Crippen LogP contribution in [0, 0.1) is 0 Å². The van der Waals surface area contributed by atoms with Gasteiger partial charge in [-0.3, -0.25) is 4.79 Å². The second-order valence-electron chi connectivity index (χ2n) is 7.82. The third kappa shape index (κ3) is 5.23. The molecule has 1 amide bonds. The van der Waals surface area contributed by atoms with Gasteiger partial charge in [-0.25, -0.2) is 13.1 Å². The minimum Gasteiger partial charge on any atom is -0.344 e. The van der Waals surface area contributed by atoms with E-state index >= 15 is 0 Å². The highest BCUT2D eigenvalue weighted by Crippen LogP contribution is 2.29. The molecule has 0 aliphatic carbocycles. The van der Waals surface area contributed by atoms with Gasteiger partial charge in [0.2, 0.25) is 15.9 Å². The van der Waals surface area contributed by atoms with Crippen LogP contribution in [0.25, 0.3) is 11.1 Å². The van der Waals surface area contributed by atoms with Crippen molar-refractivity contribution in [2.75, 3.05) is 26.4 Å². The van der Waals surface area contributed by atoms with Crippen LogP contribution in [0.4, 0.5) is 0 Å². The number of hydrogen-bond acceptors (Lipinski definition) is 4. The molecule has 1 saturated heterocycles. The van der Waals surface area contributed by atoms with Crippen molar-refractivity contribution in [1.82, 2.24) is 14.9 Å². The average Bonchev–Trinajstić information content (AvgIpc) is 3.09. The number of sulfonamides is 1. The maximum absolute atomic E-state index is 13.3. The molecule has 0 bridgehead atoms. The minimum atomic E-state index is -3.34. The van der Waals surface area contributed by atoms with Gasteiger partial charge < -0.3 is 10.2 Å². The monoisotopic (exact) mass is 415 g/mol. The molecule has 0 unspecified atom stereocenters. The fourth-order valence-electron chi connectivity index (χ4n) is 3.99. The molecule has 2 aromatic carbocycles. The van der Waals surface area contributed by atoms with Gasteiger partial charge in [0, 0.05) is 26.2 Å². The normalized spacial score (nSPS) is 21.8. The molecule has 0 radical (unpaired) electrons. The van der Waals surface area contributed by atoms with E-state index in [1.54, 1.807) is 11.9 Å². The van der Waals surface area contributed by atoms with Crippen molar-refractivity contribution in [3.8, 4) is 11.1 Å². The molecule has 29 heavy (non-hydrogen) atoms. The minimum absolute atomic E-state index is 0.0112. The predicted molar refractivity (Wildman–Crippen MR) is 116 cm³/mol. The lowest BCUT2D eigenvalue weighted by Gasteiger charge is -2.33. The average molecular weight is 416 g/mol. The highest BCUT2D eigenvalue weighted by Gasteiger charge is 2.46. The molecule has 1 aliphatic rings. The van der Waals surface area contributed by atoms with Crippen LogP contribution in [0.3, 0.4) is 0 Å². The highest BCUT2D eigenvalue weighted by molar-refractivity contribution is 7.88. The second-order valence-corrected chi connectivity index (χ2v) is 9.60. The van der Waals surface area contributed by atoms with Crippen LogP contribution >= 0.6 is 0 Å². The van der Waals surface area contributed by atoms with Crippen molar-refractivity contribution in [2.24, 2.45) is 0 Å². The van der Waals surface area contributed by atoms with E-state index in [0.717, 1.165) is 22.9 Å². The van der Waals surface area contributed by atoms with Gasteiger partial charge in [-0.1, -0.05) is 54.6 Å². The number of amides is 1. The topological polar surface area (TPSA) is 78.5 Å². The molecule has 0 saturated carbocycles. The molecule has 6 nitrogen and oxygen atoms in total. The van der Waals surface area contributed by atoms with Gasteiger partial charge in [-0.05, 0) is 36.5 Å². The number of carbonyl (C=O) groups excluding carboxylic acids is 1. The zero-order valence-electron chi connectivity index (χ0n) is 17.2. The highest BCUT2D eigenvalue weighted by atomic mass is 32.2. The number of carbonyl (C=O) groups is 1.